The Bertz CT molecular complexity index is 943. The first-order valence-corrected chi connectivity index (χ1v) is 8.77. The molecule has 12 heteroatoms. The maximum absolute atomic E-state index is 12.9. The van der Waals surface area contributed by atoms with E-state index in [-0.39, 0.29) is 35.1 Å². The number of aromatic nitrogens is 2. The van der Waals surface area contributed by atoms with E-state index in [0.717, 1.165) is 18.2 Å². The molecule has 2 atom stereocenters. The minimum absolute atomic E-state index is 0.0310. The summed E-state index contributed by atoms with van der Waals surface area (Å²) in [4.78, 5) is 13.9. The lowest BCUT2D eigenvalue weighted by Crippen LogP contribution is -2.36. The first-order chi connectivity index (χ1) is 13.7. The topological polar surface area (TPSA) is 104 Å². The van der Waals surface area contributed by atoms with Gasteiger partial charge in [0.2, 0.25) is 5.89 Å². The second kappa shape index (κ2) is 8.26. The number of nitriles is 1. The molecule has 154 valence electrons. The highest BCUT2D eigenvalue weighted by Gasteiger charge is 2.34. The van der Waals surface area contributed by atoms with Crippen molar-refractivity contribution in [3.05, 3.63) is 34.7 Å². The lowest BCUT2D eigenvalue weighted by Gasteiger charge is -2.15. The molecule has 1 saturated heterocycles. The molecule has 0 saturated carbocycles. The molecule has 1 aliphatic rings. The van der Waals surface area contributed by atoms with Crippen LogP contribution >= 0.6 is 11.6 Å². The number of alkyl halides is 3. The van der Waals surface area contributed by atoms with E-state index in [4.69, 9.17) is 26.0 Å². The van der Waals surface area contributed by atoms with Gasteiger partial charge in [0.05, 0.1) is 28.8 Å². The lowest BCUT2D eigenvalue weighted by molar-refractivity contribution is -0.137. The Balaban J connectivity index is 1.74. The van der Waals surface area contributed by atoms with Gasteiger partial charge < -0.3 is 19.4 Å². The molecular formula is C17H15ClF3N5O3. The van der Waals surface area contributed by atoms with E-state index in [2.05, 4.69) is 15.5 Å². The highest BCUT2D eigenvalue weighted by molar-refractivity contribution is 6.33. The third-order valence-corrected chi connectivity index (χ3v) is 4.71. The first-order valence-electron chi connectivity index (χ1n) is 8.39. The Morgan fingerprint density at radius 1 is 1.48 bits per heavy atom. The number of nitrogens with zero attached hydrogens (tertiary/aromatic N) is 4. The number of carbonyl (C=O) groups is 1. The van der Waals surface area contributed by atoms with Crippen LogP contribution in [0.15, 0.2) is 22.6 Å². The van der Waals surface area contributed by atoms with Crippen molar-refractivity contribution in [2.75, 3.05) is 20.3 Å². The van der Waals surface area contributed by atoms with Gasteiger partial charge in [-0.1, -0.05) is 11.6 Å². The van der Waals surface area contributed by atoms with Crippen LogP contribution in [0.25, 0.3) is 11.5 Å². The number of amides is 1. The predicted molar refractivity (Wildman–Crippen MR) is 93.6 cm³/mol. The van der Waals surface area contributed by atoms with E-state index >= 15 is 0 Å². The highest BCUT2D eigenvalue weighted by Crippen LogP contribution is 2.35. The SMILES string of the molecule is COCC1C[C@@H](NC(=O)c2nnc(-c3cc(C(F)(F)F)ccc3Cl)o2)CN1C#N. The average molecular weight is 430 g/mol. The number of carbonyl (C=O) groups excluding carboxylic acids is 1. The molecule has 1 N–H and O–H groups in total. The van der Waals surface area contributed by atoms with Crippen LogP contribution in [-0.4, -0.2) is 53.3 Å². The van der Waals surface area contributed by atoms with Gasteiger partial charge in [0, 0.05) is 19.7 Å². The predicted octanol–water partition coefficient (Wildman–Crippen LogP) is 2.71. The third-order valence-electron chi connectivity index (χ3n) is 4.38. The second-order valence-electron chi connectivity index (χ2n) is 6.37. The summed E-state index contributed by atoms with van der Waals surface area (Å²) in [6.45, 7) is 0.620. The zero-order valence-electron chi connectivity index (χ0n) is 15.0. The van der Waals surface area contributed by atoms with Crippen LogP contribution in [0.2, 0.25) is 5.02 Å². The van der Waals surface area contributed by atoms with E-state index < -0.39 is 23.5 Å². The second-order valence-corrected chi connectivity index (χ2v) is 6.78. The summed E-state index contributed by atoms with van der Waals surface area (Å²) >= 11 is 5.94. The smallest absolute Gasteiger partial charge is 0.412 e. The number of halogens is 4. The molecule has 8 nitrogen and oxygen atoms in total. The average Bonchev–Trinajstić information content (AvgIpc) is 3.28. The molecule has 2 aromatic rings. The monoisotopic (exact) mass is 429 g/mol. The van der Waals surface area contributed by atoms with Gasteiger partial charge in [-0.2, -0.15) is 18.4 Å². The van der Waals surface area contributed by atoms with Gasteiger partial charge in [0.15, 0.2) is 6.19 Å². The van der Waals surface area contributed by atoms with Gasteiger partial charge in [-0.3, -0.25) is 4.79 Å². The van der Waals surface area contributed by atoms with Gasteiger partial charge in [-0.15, -0.1) is 10.2 Å². The molecule has 1 fully saturated rings. The van der Waals surface area contributed by atoms with Gasteiger partial charge in [-0.25, -0.2) is 0 Å². The maximum atomic E-state index is 12.9. The maximum Gasteiger partial charge on any atom is 0.416 e. The molecule has 2 heterocycles. The van der Waals surface area contributed by atoms with Crippen LogP contribution in [-0.2, 0) is 10.9 Å². The Kier molecular flexibility index (Phi) is 5.95. The molecule has 0 radical (unpaired) electrons. The normalized spacial score (nSPS) is 19.2. The summed E-state index contributed by atoms with van der Waals surface area (Å²) in [5.41, 5.74) is -1.07. The quantitative estimate of drug-likeness (QED) is 0.728. The van der Waals surface area contributed by atoms with Crippen LogP contribution in [0, 0.1) is 11.5 Å². The molecule has 1 aromatic carbocycles. The molecule has 1 amide bonds. The standard InChI is InChI=1S/C17H15ClF3N5O3/c1-28-7-11-5-10(6-26(11)8-22)23-14(27)16-25-24-15(29-16)12-4-9(17(19,20)21)2-3-13(12)18/h2-4,10-11H,5-7H2,1H3,(H,23,27)/t10-,11?/m1/s1. The van der Waals surface area contributed by atoms with Crippen LogP contribution < -0.4 is 5.32 Å². The van der Waals surface area contributed by atoms with Gasteiger partial charge >= 0.3 is 18.0 Å². The number of nitrogens with one attached hydrogen (secondary N) is 1. The Hall–Kier alpha value is -2.84. The van der Waals surface area contributed by atoms with E-state index in [1.165, 1.54) is 12.0 Å². The van der Waals surface area contributed by atoms with Crippen molar-refractivity contribution in [3.8, 4) is 17.6 Å². The number of methoxy groups -OCH3 is 1. The fourth-order valence-corrected chi connectivity index (χ4v) is 3.23. The van der Waals surface area contributed by atoms with E-state index in [1.807, 2.05) is 6.19 Å². The molecule has 29 heavy (non-hydrogen) atoms. The van der Waals surface area contributed by atoms with E-state index in [9.17, 15) is 18.0 Å². The van der Waals surface area contributed by atoms with Gasteiger partial charge in [0.1, 0.15) is 0 Å². The number of rotatable bonds is 5. The summed E-state index contributed by atoms with van der Waals surface area (Å²) in [6, 6.07) is 2.14. The zero-order valence-corrected chi connectivity index (χ0v) is 15.8. The largest absolute Gasteiger partial charge is 0.416 e. The van der Waals surface area contributed by atoms with Crippen LogP contribution in [0.1, 0.15) is 22.7 Å². The Morgan fingerprint density at radius 3 is 2.90 bits per heavy atom. The number of benzene rings is 1. The van der Waals surface area contributed by atoms with Crippen LogP contribution in [0.3, 0.4) is 0 Å². The summed E-state index contributed by atoms with van der Waals surface area (Å²) in [6.07, 6.45) is -2.06. The molecule has 1 aliphatic heterocycles. The summed E-state index contributed by atoms with van der Waals surface area (Å²) < 4.78 is 49.0. The Morgan fingerprint density at radius 2 is 2.24 bits per heavy atom. The summed E-state index contributed by atoms with van der Waals surface area (Å²) in [5.74, 6) is -1.44. The van der Waals surface area contributed by atoms with E-state index in [1.54, 1.807) is 0 Å². The minimum Gasteiger partial charge on any atom is -0.412 e. The van der Waals surface area contributed by atoms with Crippen molar-refractivity contribution in [2.24, 2.45) is 0 Å². The lowest BCUT2D eigenvalue weighted by atomic mass is 10.1. The van der Waals surface area contributed by atoms with Crippen molar-refractivity contribution in [2.45, 2.75) is 24.7 Å². The van der Waals surface area contributed by atoms with Crippen molar-refractivity contribution >= 4 is 17.5 Å². The van der Waals surface area contributed by atoms with Crippen molar-refractivity contribution in [3.63, 3.8) is 0 Å². The summed E-state index contributed by atoms with van der Waals surface area (Å²) in [5, 5.41) is 19.0. The Labute approximate surface area is 168 Å². The van der Waals surface area contributed by atoms with Crippen molar-refractivity contribution < 1.29 is 27.1 Å². The highest BCUT2D eigenvalue weighted by atomic mass is 35.5. The molecule has 3 rings (SSSR count). The molecular weight excluding hydrogens is 415 g/mol. The van der Waals surface area contributed by atoms with E-state index in [0.29, 0.717) is 13.0 Å². The van der Waals surface area contributed by atoms with Gasteiger partial charge in [-0.05, 0) is 24.6 Å². The van der Waals surface area contributed by atoms with Crippen LogP contribution in [0.4, 0.5) is 13.2 Å². The molecule has 1 unspecified atom stereocenters. The zero-order chi connectivity index (χ0) is 21.2. The first kappa shape index (κ1) is 20.9. The molecule has 0 aliphatic carbocycles. The third kappa shape index (κ3) is 4.60. The number of hydrogen-bond acceptors (Lipinski definition) is 7. The van der Waals surface area contributed by atoms with Gasteiger partial charge in [0.25, 0.3) is 0 Å². The van der Waals surface area contributed by atoms with Crippen LogP contribution in [0.5, 0.6) is 0 Å². The van der Waals surface area contributed by atoms with Crippen molar-refractivity contribution in [1.82, 2.24) is 20.4 Å². The molecule has 0 bridgehead atoms. The number of likely N-dealkylation sites (tertiary alicyclic amines) is 1. The molecule has 1 aromatic heterocycles. The number of hydrogen-bond donors (Lipinski definition) is 1. The summed E-state index contributed by atoms with van der Waals surface area (Å²) in [7, 11) is 1.51. The fraction of sp³-hybridized carbons (Fsp3) is 0.412. The van der Waals surface area contributed by atoms with Crippen molar-refractivity contribution in [1.29, 1.82) is 5.26 Å². The molecule has 0 spiro atoms. The fourth-order valence-electron chi connectivity index (χ4n) is 3.03. The minimum atomic E-state index is -4.58. The number of ether oxygens (including phenoxy) is 1.